The third-order valence-corrected chi connectivity index (χ3v) is 14.9. The van der Waals surface area contributed by atoms with Crippen LogP contribution in [0.4, 0.5) is 54.5 Å². The minimum absolute atomic E-state index is 0.210. The van der Waals surface area contributed by atoms with Crippen LogP contribution in [0.3, 0.4) is 0 Å². The van der Waals surface area contributed by atoms with Crippen LogP contribution >= 0.6 is 0 Å². The van der Waals surface area contributed by atoms with Crippen LogP contribution in [0.15, 0.2) is 67.0 Å². The minimum atomic E-state index is -5.16. The largest absolute Gasteiger partial charge is 0.469 e. The quantitative estimate of drug-likeness (QED) is 0.0314. The molecule has 0 radical (unpaired) electrons. The van der Waals surface area contributed by atoms with Crippen LogP contribution in [0, 0.1) is 46.1 Å². The number of pyridine rings is 1. The number of aliphatic hydroxyl groups excluding tert-OH is 1. The lowest BCUT2D eigenvalue weighted by Gasteiger charge is -2.41. The summed E-state index contributed by atoms with van der Waals surface area (Å²) in [6, 6.07) is 10.5. The number of esters is 1. The molecular formula is C55H64F10N8O8. The van der Waals surface area contributed by atoms with Gasteiger partial charge in [0.25, 0.3) is 0 Å². The van der Waals surface area contributed by atoms with Gasteiger partial charge in [-0.3, -0.25) is 24.7 Å². The summed E-state index contributed by atoms with van der Waals surface area (Å²) >= 11 is 0. The fourth-order valence-corrected chi connectivity index (χ4v) is 9.48. The first-order valence-electron chi connectivity index (χ1n) is 25.8. The molecule has 81 heavy (non-hydrogen) atoms. The van der Waals surface area contributed by atoms with Crippen molar-refractivity contribution in [1.29, 1.82) is 0 Å². The molecule has 2 saturated heterocycles. The lowest BCUT2D eigenvalue weighted by atomic mass is 9.75. The Labute approximate surface area is 461 Å². The number of anilines is 1. The van der Waals surface area contributed by atoms with Gasteiger partial charge in [0.1, 0.15) is 23.5 Å². The Kier molecular flexibility index (Phi) is 21.0. The number of aromatic nitrogens is 3. The van der Waals surface area contributed by atoms with Crippen molar-refractivity contribution in [3.05, 3.63) is 101 Å². The molecule has 0 spiro atoms. The van der Waals surface area contributed by atoms with E-state index in [4.69, 9.17) is 4.74 Å². The molecule has 0 aliphatic carbocycles. The van der Waals surface area contributed by atoms with Crippen molar-refractivity contribution in [2.45, 2.75) is 103 Å². The summed E-state index contributed by atoms with van der Waals surface area (Å²) in [5, 5.41) is 18.2. The topological polar surface area (TPSA) is 181 Å². The number of ether oxygens (including phenoxy) is 3. The van der Waals surface area contributed by atoms with E-state index in [1.807, 2.05) is 17.4 Å². The van der Waals surface area contributed by atoms with Crippen molar-refractivity contribution in [2.24, 2.45) is 22.7 Å². The number of alkyl carbamates (subject to hydrolysis) is 1. The highest BCUT2D eigenvalue weighted by molar-refractivity contribution is 5.88. The average molecular weight is 1160 g/mol. The predicted molar refractivity (Wildman–Crippen MR) is 274 cm³/mol. The number of nitrogens with one attached hydrogen (secondary N) is 2. The van der Waals surface area contributed by atoms with E-state index in [0.717, 1.165) is 84.5 Å². The molecule has 0 unspecified atom stereocenters. The van der Waals surface area contributed by atoms with Crippen LogP contribution in [-0.4, -0.2) is 144 Å². The Hall–Kier alpha value is -6.82. The van der Waals surface area contributed by atoms with Crippen LogP contribution in [0.25, 0.3) is 11.3 Å². The highest BCUT2D eigenvalue weighted by Gasteiger charge is 2.57. The summed E-state index contributed by atoms with van der Waals surface area (Å²) in [6.07, 6.45) is -11.7. The second-order valence-corrected chi connectivity index (χ2v) is 21.0. The van der Waals surface area contributed by atoms with Gasteiger partial charge in [-0.1, -0.05) is 37.8 Å². The number of hydrazine groups is 1. The van der Waals surface area contributed by atoms with Gasteiger partial charge in [-0.05, 0) is 87.1 Å². The third-order valence-electron chi connectivity index (χ3n) is 14.9. The molecule has 4 atom stereocenters. The van der Waals surface area contributed by atoms with E-state index in [9.17, 15) is 59.4 Å². The summed E-state index contributed by atoms with van der Waals surface area (Å²) in [5.41, 5.74) is -3.96. The number of methoxy groups -OCH3 is 2. The van der Waals surface area contributed by atoms with E-state index >= 15 is 8.78 Å². The predicted octanol–water partition coefficient (Wildman–Crippen LogP) is 8.41. The van der Waals surface area contributed by atoms with Crippen molar-refractivity contribution in [3.63, 3.8) is 0 Å². The van der Waals surface area contributed by atoms with Crippen molar-refractivity contribution in [1.82, 2.24) is 35.4 Å². The summed E-state index contributed by atoms with van der Waals surface area (Å²) in [4.78, 5) is 62.5. The van der Waals surface area contributed by atoms with E-state index < -0.39 is 121 Å². The monoisotopic (exact) mass is 1150 g/mol. The van der Waals surface area contributed by atoms with Gasteiger partial charge in [0.05, 0.1) is 49.2 Å². The molecule has 2 aromatic carbocycles. The number of aliphatic hydroxyl groups is 1. The van der Waals surface area contributed by atoms with Crippen LogP contribution in [0.1, 0.15) is 82.2 Å². The highest BCUT2D eigenvalue weighted by Crippen LogP contribution is 2.46. The molecule has 2 fully saturated rings. The van der Waals surface area contributed by atoms with Crippen LogP contribution in [0.2, 0.25) is 0 Å². The van der Waals surface area contributed by atoms with Crippen molar-refractivity contribution < 1.29 is 82.4 Å². The first-order chi connectivity index (χ1) is 38.0. The SMILES string of the molecule is COC(=O)C[C@H](C(=O)NN(Cc1c(F)cc(-c2ccn(C(F)F)n2)cc1F)C[C@H](O)[C@@H](CC(=O)[C@@H](NC(=O)OC)C(C)(C)C(F)(F)F)Cc1ccc(C#Cc2ccc(N3CCN(C4CCOCC4)CC3)nc2)cc1)C(C)(C)C(F)(F)F. The zero-order valence-corrected chi connectivity index (χ0v) is 45.3. The van der Waals surface area contributed by atoms with Crippen molar-refractivity contribution in [2.75, 3.05) is 65.1 Å². The van der Waals surface area contributed by atoms with Gasteiger partial charge in [0, 0.05) is 99.6 Å². The number of piperazine rings is 1. The molecule has 4 aromatic rings. The first kappa shape index (κ1) is 63.4. The number of alkyl halides is 8. The third kappa shape index (κ3) is 16.2. The molecule has 6 rings (SSSR count). The highest BCUT2D eigenvalue weighted by atomic mass is 19.4. The van der Waals surface area contributed by atoms with Gasteiger partial charge in [0.2, 0.25) is 5.91 Å². The number of hydrogen-bond acceptors (Lipinski definition) is 13. The van der Waals surface area contributed by atoms with Gasteiger partial charge < -0.3 is 29.5 Å². The van der Waals surface area contributed by atoms with Gasteiger partial charge in [0.15, 0.2) is 5.78 Å². The molecule has 3 N–H and O–H groups in total. The lowest BCUT2D eigenvalue weighted by Crippen LogP contribution is -2.57. The average Bonchev–Trinajstić information content (AvgIpc) is 4.02. The standard InChI is InChI=1S/C55H64F10N8O8/c1-52(2,54(60,61)62)40(29-47(76)79-5)49(77)69-72(31-39-41(56)26-36(27-42(39)57)43-15-18-73(68-43)50(58)59)32-45(75)37(28-44(74)48(67-51(78)80-6)53(3,4)55(63,64)65)25-34-10-7-33(8-11-34)9-12-35-13-14-46(66-30-35)71-21-19-70(20-22-71)38-16-23-81-24-17-38/h7-8,10-11,13-15,18,26-27,30,37-38,40,45,48,50,75H,16-17,19-25,28-29,31-32H2,1-6H3,(H,67,78)(H,69,77)/t37-,40-,45+,48-/m1/s1. The van der Waals surface area contributed by atoms with Crippen molar-refractivity contribution >= 4 is 29.6 Å². The number of carbonyl (C=O) groups excluding carboxylic acids is 4. The molecule has 4 heterocycles. The molecule has 2 aliphatic rings. The number of carbonyl (C=O) groups is 4. The lowest BCUT2D eigenvalue weighted by molar-refractivity contribution is -0.231. The van der Waals surface area contributed by atoms with Gasteiger partial charge in [-0.15, -0.1) is 0 Å². The molecule has 26 heteroatoms. The molecule has 2 aliphatic heterocycles. The number of halogens is 10. The number of Topliss-reactive ketones (excluding diaryl/α,β-unsaturated/α-hetero) is 1. The molecule has 16 nitrogen and oxygen atoms in total. The van der Waals surface area contributed by atoms with E-state index in [0.29, 0.717) is 67.6 Å². The first-order valence-corrected chi connectivity index (χ1v) is 25.8. The Morgan fingerprint density at radius 1 is 0.827 bits per heavy atom. The van der Waals surface area contributed by atoms with E-state index in [-0.39, 0.29) is 22.4 Å². The summed E-state index contributed by atoms with van der Waals surface area (Å²) < 4.78 is 161. The maximum absolute atomic E-state index is 16.1. The maximum Gasteiger partial charge on any atom is 0.407 e. The second-order valence-electron chi connectivity index (χ2n) is 21.0. The number of rotatable bonds is 21. The van der Waals surface area contributed by atoms with Gasteiger partial charge >= 0.3 is 31.0 Å². The molecule has 0 saturated carbocycles. The zero-order valence-electron chi connectivity index (χ0n) is 45.3. The van der Waals surface area contributed by atoms with Crippen LogP contribution < -0.4 is 15.6 Å². The number of benzene rings is 2. The fraction of sp³-hybridized carbons (Fsp3) is 0.527. The Morgan fingerprint density at radius 3 is 1.98 bits per heavy atom. The molecule has 2 aromatic heterocycles. The number of nitrogens with zero attached hydrogens (tertiary/aromatic N) is 6. The van der Waals surface area contributed by atoms with Crippen LogP contribution in [0.5, 0.6) is 0 Å². The Bertz CT molecular complexity index is 2840. The van der Waals surface area contributed by atoms with E-state index in [1.165, 1.54) is 12.1 Å². The maximum atomic E-state index is 16.1. The summed E-state index contributed by atoms with van der Waals surface area (Å²) in [7, 11) is 1.70. The van der Waals surface area contributed by atoms with Gasteiger partial charge in [-0.25, -0.2) is 28.3 Å². The Balaban J connectivity index is 1.31. The van der Waals surface area contributed by atoms with E-state index in [2.05, 4.69) is 46.6 Å². The zero-order chi connectivity index (χ0) is 59.6. The minimum Gasteiger partial charge on any atom is -0.469 e. The van der Waals surface area contributed by atoms with E-state index in [1.54, 1.807) is 18.3 Å². The normalized spacial score (nSPS) is 16.5. The molecular weight excluding hydrogens is 1090 g/mol. The van der Waals surface area contributed by atoms with Crippen LogP contribution in [-0.2, 0) is 41.6 Å². The number of ketones is 1. The number of amides is 2. The van der Waals surface area contributed by atoms with Crippen molar-refractivity contribution in [3.8, 4) is 23.1 Å². The summed E-state index contributed by atoms with van der Waals surface area (Å²) in [6.45, 7) is 2.20. The fourth-order valence-electron chi connectivity index (χ4n) is 9.48. The second kappa shape index (κ2) is 26.8. The summed E-state index contributed by atoms with van der Waals surface area (Å²) in [5.74, 6) is -3.83. The number of hydrogen-bond donors (Lipinski definition) is 3. The van der Waals surface area contributed by atoms with Gasteiger partial charge in [-0.2, -0.15) is 40.2 Å². The Morgan fingerprint density at radius 2 is 1.43 bits per heavy atom. The smallest absolute Gasteiger partial charge is 0.407 e. The molecule has 0 bridgehead atoms. The molecule has 2 amide bonds. The molecule has 442 valence electrons.